The smallest absolute Gasteiger partial charge is 0.0468 e. The number of allylic oxidation sites excluding steroid dienone is 1. The van der Waals surface area contributed by atoms with Crippen LogP contribution in [0.15, 0.2) is 24.8 Å². The van der Waals surface area contributed by atoms with Crippen molar-refractivity contribution < 1.29 is 5.11 Å². The van der Waals surface area contributed by atoms with Gasteiger partial charge in [0.15, 0.2) is 0 Å². The lowest BCUT2D eigenvalue weighted by molar-refractivity contribution is 0.298. The van der Waals surface area contributed by atoms with E-state index in [1.807, 2.05) is 6.08 Å². The molecule has 1 heteroatoms. The van der Waals surface area contributed by atoms with Gasteiger partial charge in [-0.1, -0.05) is 18.2 Å². The SMILES string of the molecule is C=CCCC(=C)CCO. The Labute approximate surface area is 56.7 Å². The number of rotatable bonds is 5. The highest BCUT2D eigenvalue weighted by molar-refractivity contribution is 4.95. The minimum Gasteiger partial charge on any atom is -0.396 e. The molecule has 0 heterocycles. The number of aliphatic hydroxyl groups is 1. The second-order valence-corrected chi connectivity index (χ2v) is 2.05. The molecule has 9 heavy (non-hydrogen) atoms. The van der Waals surface area contributed by atoms with Crippen molar-refractivity contribution in [1.82, 2.24) is 0 Å². The van der Waals surface area contributed by atoms with E-state index in [2.05, 4.69) is 13.2 Å². The van der Waals surface area contributed by atoms with Crippen LogP contribution in [0.25, 0.3) is 0 Å². The Balaban J connectivity index is 3.16. The van der Waals surface area contributed by atoms with Crippen LogP contribution in [0.3, 0.4) is 0 Å². The Morgan fingerprint density at radius 1 is 1.44 bits per heavy atom. The molecule has 0 aromatic rings. The lowest BCUT2D eigenvalue weighted by atomic mass is 10.1. The summed E-state index contributed by atoms with van der Waals surface area (Å²) < 4.78 is 0. The van der Waals surface area contributed by atoms with Crippen LogP contribution in [-0.2, 0) is 0 Å². The Bertz CT molecular complexity index is 94.7. The summed E-state index contributed by atoms with van der Waals surface area (Å²) in [6.45, 7) is 7.58. The molecule has 0 unspecified atom stereocenters. The maximum Gasteiger partial charge on any atom is 0.0468 e. The van der Waals surface area contributed by atoms with E-state index in [0.717, 1.165) is 24.8 Å². The van der Waals surface area contributed by atoms with Crippen LogP contribution in [0.4, 0.5) is 0 Å². The molecule has 0 spiro atoms. The van der Waals surface area contributed by atoms with Gasteiger partial charge >= 0.3 is 0 Å². The van der Waals surface area contributed by atoms with Gasteiger partial charge in [-0.2, -0.15) is 0 Å². The molecule has 0 aliphatic heterocycles. The van der Waals surface area contributed by atoms with Gasteiger partial charge in [0.05, 0.1) is 0 Å². The second-order valence-electron chi connectivity index (χ2n) is 2.05. The largest absolute Gasteiger partial charge is 0.396 e. The zero-order chi connectivity index (χ0) is 7.11. The van der Waals surface area contributed by atoms with E-state index in [4.69, 9.17) is 5.11 Å². The van der Waals surface area contributed by atoms with Crippen molar-refractivity contribution in [3.63, 3.8) is 0 Å². The Morgan fingerprint density at radius 2 is 2.11 bits per heavy atom. The average molecular weight is 126 g/mol. The summed E-state index contributed by atoms with van der Waals surface area (Å²) >= 11 is 0. The third-order valence-corrected chi connectivity index (χ3v) is 1.17. The van der Waals surface area contributed by atoms with Gasteiger partial charge in [0.2, 0.25) is 0 Å². The fourth-order valence-corrected chi connectivity index (χ4v) is 0.589. The molecule has 1 N–H and O–H groups in total. The van der Waals surface area contributed by atoms with Crippen molar-refractivity contribution in [1.29, 1.82) is 0 Å². The van der Waals surface area contributed by atoms with Gasteiger partial charge in [-0.25, -0.2) is 0 Å². The maximum absolute atomic E-state index is 8.45. The molecule has 0 radical (unpaired) electrons. The monoisotopic (exact) mass is 126 g/mol. The predicted octanol–water partition coefficient (Wildman–Crippen LogP) is 1.89. The van der Waals surface area contributed by atoms with Gasteiger partial charge in [0.1, 0.15) is 0 Å². The molecule has 0 amide bonds. The third kappa shape index (κ3) is 5.31. The zero-order valence-electron chi connectivity index (χ0n) is 5.77. The van der Waals surface area contributed by atoms with E-state index in [0.29, 0.717) is 0 Å². The van der Waals surface area contributed by atoms with Crippen molar-refractivity contribution in [2.24, 2.45) is 0 Å². The fourth-order valence-electron chi connectivity index (χ4n) is 0.589. The van der Waals surface area contributed by atoms with Crippen LogP contribution in [0.2, 0.25) is 0 Å². The molecule has 0 aromatic carbocycles. The first-order valence-corrected chi connectivity index (χ1v) is 3.19. The van der Waals surface area contributed by atoms with Crippen molar-refractivity contribution in [3.05, 3.63) is 24.8 Å². The van der Waals surface area contributed by atoms with Gasteiger partial charge in [0, 0.05) is 6.61 Å². The number of aliphatic hydroxyl groups excluding tert-OH is 1. The first-order chi connectivity index (χ1) is 4.31. The number of hydrogen-bond acceptors (Lipinski definition) is 1. The topological polar surface area (TPSA) is 20.2 Å². The highest BCUT2D eigenvalue weighted by Gasteiger charge is 1.89. The molecule has 0 rings (SSSR count). The van der Waals surface area contributed by atoms with Crippen LogP contribution in [0.5, 0.6) is 0 Å². The van der Waals surface area contributed by atoms with Gasteiger partial charge < -0.3 is 5.11 Å². The molecular weight excluding hydrogens is 112 g/mol. The summed E-state index contributed by atoms with van der Waals surface area (Å²) in [5, 5.41) is 8.45. The summed E-state index contributed by atoms with van der Waals surface area (Å²) in [6.07, 6.45) is 4.53. The van der Waals surface area contributed by atoms with E-state index in [9.17, 15) is 0 Å². The molecule has 0 saturated heterocycles. The maximum atomic E-state index is 8.45. The summed E-state index contributed by atoms with van der Waals surface area (Å²) in [5.41, 5.74) is 1.11. The summed E-state index contributed by atoms with van der Waals surface area (Å²) in [5.74, 6) is 0. The van der Waals surface area contributed by atoms with E-state index >= 15 is 0 Å². The van der Waals surface area contributed by atoms with Crippen molar-refractivity contribution in [3.8, 4) is 0 Å². The minimum atomic E-state index is 0.218. The quantitative estimate of drug-likeness (QED) is 0.558. The van der Waals surface area contributed by atoms with Crippen molar-refractivity contribution in [2.45, 2.75) is 19.3 Å². The van der Waals surface area contributed by atoms with Crippen LogP contribution < -0.4 is 0 Å². The van der Waals surface area contributed by atoms with Crippen LogP contribution in [0, 0.1) is 0 Å². The highest BCUT2D eigenvalue weighted by Crippen LogP contribution is 2.05. The van der Waals surface area contributed by atoms with Crippen molar-refractivity contribution in [2.75, 3.05) is 6.61 Å². The third-order valence-electron chi connectivity index (χ3n) is 1.17. The van der Waals surface area contributed by atoms with E-state index in [1.165, 1.54) is 0 Å². The van der Waals surface area contributed by atoms with E-state index in [1.54, 1.807) is 0 Å². The summed E-state index contributed by atoms with van der Waals surface area (Å²) in [6, 6.07) is 0. The molecule has 0 aliphatic carbocycles. The zero-order valence-corrected chi connectivity index (χ0v) is 5.77. The first kappa shape index (κ1) is 8.44. The molecule has 1 nitrogen and oxygen atoms in total. The van der Waals surface area contributed by atoms with Crippen LogP contribution in [-0.4, -0.2) is 11.7 Å². The molecule has 0 fully saturated rings. The Hall–Kier alpha value is -0.560. The predicted molar refractivity (Wildman–Crippen MR) is 40.3 cm³/mol. The molecule has 0 aliphatic rings. The minimum absolute atomic E-state index is 0.218. The Kier molecular flexibility index (Phi) is 5.23. The molecule has 0 atom stereocenters. The molecule has 0 saturated carbocycles. The second kappa shape index (κ2) is 5.57. The van der Waals surface area contributed by atoms with Gasteiger partial charge in [-0.15, -0.1) is 6.58 Å². The standard InChI is InChI=1S/C8H14O/c1-3-4-5-8(2)6-7-9/h3,9H,1-2,4-7H2. The fraction of sp³-hybridized carbons (Fsp3) is 0.500. The molecule has 52 valence electrons. The van der Waals surface area contributed by atoms with Gasteiger partial charge in [0.25, 0.3) is 0 Å². The lowest BCUT2D eigenvalue weighted by Crippen LogP contribution is -1.85. The van der Waals surface area contributed by atoms with E-state index < -0.39 is 0 Å². The first-order valence-electron chi connectivity index (χ1n) is 3.19. The van der Waals surface area contributed by atoms with Crippen molar-refractivity contribution >= 4 is 0 Å². The average Bonchev–Trinajstić information content (AvgIpc) is 1.85. The van der Waals surface area contributed by atoms with Crippen LogP contribution in [0.1, 0.15) is 19.3 Å². The highest BCUT2D eigenvalue weighted by atomic mass is 16.2. The van der Waals surface area contributed by atoms with Gasteiger partial charge in [-0.05, 0) is 19.3 Å². The molecule has 0 bridgehead atoms. The lowest BCUT2D eigenvalue weighted by Gasteiger charge is -1.98. The van der Waals surface area contributed by atoms with Crippen LogP contribution >= 0.6 is 0 Å². The Morgan fingerprint density at radius 3 is 2.56 bits per heavy atom. The molecule has 0 aromatic heterocycles. The number of hydrogen-bond donors (Lipinski definition) is 1. The normalized spacial score (nSPS) is 9.00. The van der Waals surface area contributed by atoms with Gasteiger partial charge in [-0.3, -0.25) is 0 Å². The summed E-state index contributed by atoms with van der Waals surface area (Å²) in [7, 11) is 0. The van der Waals surface area contributed by atoms with E-state index in [-0.39, 0.29) is 6.61 Å². The molecular formula is C8H14O. The summed E-state index contributed by atoms with van der Waals surface area (Å²) in [4.78, 5) is 0.